The van der Waals surface area contributed by atoms with Crippen molar-refractivity contribution < 1.29 is 18.6 Å². The summed E-state index contributed by atoms with van der Waals surface area (Å²) in [4.78, 5) is 1.78. The van der Waals surface area contributed by atoms with E-state index in [0.29, 0.717) is 30.8 Å². The predicted octanol–water partition coefficient (Wildman–Crippen LogP) is 2.50. The summed E-state index contributed by atoms with van der Waals surface area (Å²) in [6.45, 7) is 4.96. The SMILES string of the molecule is CC(C)OCC(O)CN1CCCc2cc(F)cc(F)c21. The minimum atomic E-state index is -0.687. The van der Waals surface area contributed by atoms with Crippen LogP contribution in [0.3, 0.4) is 0 Å². The van der Waals surface area contributed by atoms with Crippen molar-refractivity contribution in [2.75, 3.05) is 24.6 Å². The Morgan fingerprint density at radius 2 is 2.10 bits per heavy atom. The molecular formula is C15H21F2NO2. The zero-order valence-corrected chi connectivity index (χ0v) is 11.9. The normalized spacial score (nSPS) is 16.4. The maximum Gasteiger partial charge on any atom is 0.149 e. The first-order valence-corrected chi connectivity index (χ1v) is 7.00. The van der Waals surface area contributed by atoms with E-state index in [0.717, 1.165) is 12.5 Å². The molecule has 0 radical (unpaired) electrons. The van der Waals surface area contributed by atoms with Crippen molar-refractivity contribution in [1.29, 1.82) is 0 Å². The monoisotopic (exact) mass is 285 g/mol. The van der Waals surface area contributed by atoms with Crippen LogP contribution >= 0.6 is 0 Å². The second-order valence-corrected chi connectivity index (χ2v) is 5.48. The number of aliphatic hydroxyl groups excluding tert-OH is 1. The van der Waals surface area contributed by atoms with Gasteiger partial charge in [-0.3, -0.25) is 0 Å². The summed E-state index contributed by atoms with van der Waals surface area (Å²) in [5.74, 6) is -1.11. The summed E-state index contributed by atoms with van der Waals surface area (Å²) in [5, 5.41) is 9.96. The topological polar surface area (TPSA) is 32.7 Å². The molecule has 1 aliphatic heterocycles. The van der Waals surface area contributed by atoms with Gasteiger partial charge in [-0.2, -0.15) is 0 Å². The summed E-state index contributed by atoms with van der Waals surface area (Å²) >= 11 is 0. The number of β-amino-alcohol motifs (C(OH)–C–C–N with tert-alkyl or cyclic N) is 1. The van der Waals surface area contributed by atoms with E-state index in [1.54, 1.807) is 4.90 Å². The van der Waals surface area contributed by atoms with E-state index in [2.05, 4.69) is 0 Å². The number of fused-ring (bicyclic) bond motifs is 1. The number of anilines is 1. The Morgan fingerprint density at radius 3 is 2.80 bits per heavy atom. The van der Waals surface area contributed by atoms with E-state index >= 15 is 0 Å². The minimum Gasteiger partial charge on any atom is -0.389 e. The number of halogens is 2. The third kappa shape index (κ3) is 3.67. The van der Waals surface area contributed by atoms with Crippen LogP contribution in [0.15, 0.2) is 12.1 Å². The molecule has 0 spiro atoms. The van der Waals surface area contributed by atoms with E-state index in [9.17, 15) is 13.9 Å². The van der Waals surface area contributed by atoms with Gasteiger partial charge in [0.15, 0.2) is 0 Å². The van der Waals surface area contributed by atoms with Crippen molar-refractivity contribution in [3.63, 3.8) is 0 Å². The van der Waals surface area contributed by atoms with Gasteiger partial charge in [0.1, 0.15) is 11.6 Å². The lowest BCUT2D eigenvalue weighted by Crippen LogP contribution is -2.39. The van der Waals surface area contributed by atoms with Crippen LogP contribution < -0.4 is 4.90 Å². The summed E-state index contributed by atoms with van der Waals surface area (Å²) < 4.78 is 32.5. The fourth-order valence-electron chi connectivity index (χ4n) is 2.53. The van der Waals surface area contributed by atoms with Crippen molar-refractivity contribution in [1.82, 2.24) is 0 Å². The fourth-order valence-corrected chi connectivity index (χ4v) is 2.53. The van der Waals surface area contributed by atoms with Gasteiger partial charge in [-0.05, 0) is 38.3 Å². The molecule has 2 rings (SSSR count). The highest BCUT2D eigenvalue weighted by Gasteiger charge is 2.23. The smallest absolute Gasteiger partial charge is 0.149 e. The van der Waals surface area contributed by atoms with Gasteiger partial charge < -0.3 is 14.7 Å². The molecule has 1 unspecified atom stereocenters. The minimum absolute atomic E-state index is 0.0455. The summed E-state index contributed by atoms with van der Waals surface area (Å²) in [6, 6.07) is 2.27. The van der Waals surface area contributed by atoms with Gasteiger partial charge in [0.25, 0.3) is 0 Å². The Labute approximate surface area is 118 Å². The number of hydrogen-bond donors (Lipinski definition) is 1. The molecule has 1 N–H and O–H groups in total. The molecule has 0 saturated carbocycles. The van der Waals surface area contributed by atoms with Gasteiger partial charge in [0.05, 0.1) is 24.5 Å². The largest absolute Gasteiger partial charge is 0.389 e. The van der Waals surface area contributed by atoms with Crippen LogP contribution in [-0.2, 0) is 11.2 Å². The lowest BCUT2D eigenvalue weighted by atomic mass is 10.0. The molecule has 5 heteroatoms. The standard InChI is InChI=1S/C15H21F2NO2/c1-10(2)20-9-13(19)8-18-5-3-4-11-6-12(16)7-14(17)15(11)18/h6-7,10,13,19H,3-5,8-9H2,1-2H3. The first kappa shape index (κ1) is 15.2. The van der Waals surface area contributed by atoms with Crippen molar-refractivity contribution in [3.05, 3.63) is 29.3 Å². The molecule has 0 bridgehead atoms. The summed E-state index contributed by atoms with van der Waals surface area (Å²) in [5.41, 5.74) is 1.09. The van der Waals surface area contributed by atoms with Gasteiger partial charge in [-0.25, -0.2) is 8.78 Å². The Hall–Kier alpha value is -1.20. The average Bonchev–Trinajstić information content (AvgIpc) is 2.35. The molecule has 20 heavy (non-hydrogen) atoms. The number of rotatable bonds is 5. The van der Waals surface area contributed by atoms with Crippen LogP contribution in [0.5, 0.6) is 0 Å². The van der Waals surface area contributed by atoms with Gasteiger partial charge in [0, 0.05) is 19.2 Å². The van der Waals surface area contributed by atoms with E-state index < -0.39 is 17.7 Å². The van der Waals surface area contributed by atoms with E-state index in [1.807, 2.05) is 13.8 Å². The highest BCUT2D eigenvalue weighted by atomic mass is 19.1. The van der Waals surface area contributed by atoms with Crippen LogP contribution in [0.2, 0.25) is 0 Å². The number of benzene rings is 1. The molecule has 0 saturated heterocycles. The molecule has 1 aromatic rings. The highest BCUT2D eigenvalue weighted by molar-refractivity contribution is 5.57. The number of aliphatic hydroxyl groups is 1. The third-order valence-electron chi connectivity index (χ3n) is 3.35. The zero-order chi connectivity index (χ0) is 14.7. The van der Waals surface area contributed by atoms with E-state index in [4.69, 9.17) is 4.74 Å². The Balaban J connectivity index is 2.08. The van der Waals surface area contributed by atoms with Crippen molar-refractivity contribution in [2.45, 2.75) is 38.9 Å². The maximum atomic E-state index is 14.0. The van der Waals surface area contributed by atoms with Crippen LogP contribution in [0, 0.1) is 11.6 Å². The van der Waals surface area contributed by atoms with Gasteiger partial charge >= 0.3 is 0 Å². The summed E-state index contributed by atoms with van der Waals surface area (Å²) in [7, 11) is 0. The number of nitrogens with zero attached hydrogens (tertiary/aromatic N) is 1. The van der Waals surface area contributed by atoms with Gasteiger partial charge in [-0.15, -0.1) is 0 Å². The lowest BCUT2D eigenvalue weighted by Gasteiger charge is -2.33. The van der Waals surface area contributed by atoms with E-state index in [-0.39, 0.29) is 12.7 Å². The fraction of sp³-hybridized carbons (Fsp3) is 0.600. The molecule has 0 aromatic heterocycles. The molecule has 1 heterocycles. The molecule has 1 aromatic carbocycles. The lowest BCUT2D eigenvalue weighted by molar-refractivity contribution is 0.00876. The second kappa shape index (κ2) is 6.50. The molecule has 3 nitrogen and oxygen atoms in total. The summed E-state index contributed by atoms with van der Waals surface area (Å²) in [6.07, 6.45) is 0.851. The van der Waals surface area contributed by atoms with Crippen LogP contribution in [0.1, 0.15) is 25.8 Å². The predicted molar refractivity (Wildman–Crippen MR) is 74.0 cm³/mol. The Kier molecular flexibility index (Phi) is 4.94. The van der Waals surface area contributed by atoms with Crippen molar-refractivity contribution in [3.8, 4) is 0 Å². The average molecular weight is 285 g/mol. The maximum absolute atomic E-state index is 14.0. The highest BCUT2D eigenvalue weighted by Crippen LogP contribution is 2.31. The van der Waals surface area contributed by atoms with Gasteiger partial charge in [0.2, 0.25) is 0 Å². The molecule has 112 valence electrons. The molecular weight excluding hydrogens is 264 g/mol. The Morgan fingerprint density at radius 1 is 1.35 bits per heavy atom. The zero-order valence-electron chi connectivity index (χ0n) is 11.9. The van der Waals surface area contributed by atoms with Crippen molar-refractivity contribution >= 4 is 5.69 Å². The molecule has 0 fully saturated rings. The first-order chi connectivity index (χ1) is 9.47. The van der Waals surface area contributed by atoms with Crippen LogP contribution in [-0.4, -0.2) is 37.0 Å². The Bertz CT molecular complexity index is 465. The second-order valence-electron chi connectivity index (χ2n) is 5.48. The first-order valence-electron chi connectivity index (χ1n) is 7.00. The molecule has 1 aliphatic rings. The number of ether oxygens (including phenoxy) is 1. The number of hydrogen-bond acceptors (Lipinski definition) is 3. The van der Waals surface area contributed by atoms with Gasteiger partial charge in [-0.1, -0.05) is 0 Å². The van der Waals surface area contributed by atoms with Crippen LogP contribution in [0.25, 0.3) is 0 Å². The molecule has 0 amide bonds. The van der Waals surface area contributed by atoms with Crippen molar-refractivity contribution in [2.24, 2.45) is 0 Å². The number of aryl methyl sites for hydroxylation is 1. The quantitative estimate of drug-likeness (QED) is 0.902. The third-order valence-corrected chi connectivity index (χ3v) is 3.35. The van der Waals surface area contributed by atoms with Crippen LogP contribution in [0.4, 0.5) is 14.5 Å². The molecule has 1 atom stereocenters. The molecule has 0 aliphatic carbocycles. The van der Waals surface area contributed by atoms with E-state index in [1.165, 1.54) is 6.07 Å².